The van der Waals surface area contributed by atoms with Crippen LogP contribution in [0.25, 0.3) is 11.6 Å². The van der Waals surface area contributed by atoms with Crippen LogP contribution in [0, 0.1) is 11.6 Å². The first kappa shape index (κ1) is 21.7. The van der Waals surface area contributed by atoms with Gasteiger partial charge in [0.05, 0.1) is 18.4 Å². The van der Waals surface area contributed by atoms with Gasteiger partial charge in [-0.05, 0) is 29.8 Å². The van der Waals surface area contributed by atoms with E-state index in [0.29, 0.717) is 16.9 Å². The van der Waals surface area contributed by atoms with Gasteiger partial charge < -0.3 is 14.8 Å². The number of benzene rings is 3. The van der Waals surface area contributed by atoms with Crippen molar-refractivity contribution in [2.75, 3.05) is 19.0 Å². The molecular weight excluding hydrogens is 404 g/mol. The molecule has 3 aromatic rings. The van der Waals surface area contributed by atoms with Gasteiger partial charge in [-0.15, -0.1) is 0 Å². The zero-order valence-corrected chi connectivity index (χ0v) is 16.6. The Bertz CT molecular complexity index is 1110. The van der Waals surface area contributed by atoms with Crippen molar-refractivity contribution < 1.29 is 27.8 Å². The van der Waals surface area contributed by atoms with Crippen LogP contribution < -0.4 is 10.1 Å². The molecule has 0 heterocycles. The van der Waals surface area contributed by atoms with Gasteiger partial charge in [-0.3, -0.25) is 4.79 Å². The van der Waals surface area contributed by atoms with E-state index in [9.17, 15) is 18.4 Å². The third kappa shape index (κ3) is 5.76. The smallest absolute Gasteiger partial charge is 0.339 e. The van der Waals surface area contributed by atoms with Gasteiger partial charge in [0, 0.05) is 11.6 Å². The molecule has 0 spiro atoms. The van der Waals surface area contributed by atoms with Crippen LogP contribution in [0.3, 0.4) is 0 Å². The minimum atomic E-state index is -0.804. The van der Waals surface area contributed by atoms with E-state index in [4.69, 9.17) is 9.47 Å². The molecular formula is C24H19F2NO4. The van der Waals surface area contributed by atoms with Gasteiger partial charge in [-0.25, -0.2) is 13.6 Å². The Labute approximate surface area is 177 Å². The number of rotatable bonds is 7. The van der Waals surface area contributed by atoms with E-state index in [2.05, 4.69) is 5.32 Å². The number of hydrogen-bond donors (Lipinski definition) is 1. The summed E-state index contributed by atoms with van der Waals surface area (Å²) in [7, 11) is 1.52. The number of hydrogen-bond acceptors (Lipinski definition) is 4. The lowest BCUT2D eigenvalue weighted by Crippen LogP contribution is -2.22. The molecule has 3 rings (SSSR count). The second kappa shape index (κ2) is 10.2. The van der Waals surface area contributed by atoms with Crippen molar-refractivity contribution in [2.45, 2.75) is 0 Å². The largest absolute Gasteiger partial charge is 0.496 e. The normalized spacial score (nSPS) is 11.0. The van der Waals surface area contributed by atoms with Crippen LogP contribution in [0.5, 0.6) is 5.75 Å². The highest BCUT2D eigenvalue weighted by atomic mass is 19.1. The van der Waals surface area contributed by atoms with Gasteiger partial charge in [0.25, 0.3) is 5.91 Å². The molecule has 0 aliphatic heterocycles. The number of methoxy groups -OCH3 is 1. The average molecular weight is 423 g/mol. The fourth-order valence-corrected chi connectivity index (χ4v) is 2.81. The van der Waals surface area contributed by atoms with E-state index < -0.39 is 30.1 Å². The van der Waals surface area contributed by atoms with Gasteiger partial charge in [-0.1, -0.05) is 48.5 Å². The highest BCUT2D eigenvalue weighted by Crippen LogP contribution is 2.25. The number of anilines is 1. The molecule has 7 heteroatoms. The maximum atomic E-state index is 13.7. The standard InChI is InChI=1S/C24H19F2NO4/c1-30-22-10-6-5-9-17(22)13-19(16-7-3-2-4-8-16)24(29)31-15-23(28)27-21-14-18(25)11-12-20(21)26/h2-14H,15H2,1H3,(H,27,28)/b19-13+. The summed E-state index contributed by atoms with van der Waals surface area (Å²) in [5, 5.41) is 2.18. The molecule has 0 saturated carbocycles. The summed E-state index contributed by atoms with van der Waals surface area (Å²) in [6.45, 7) is -0.676. The summed E-state index contributed by atoms with van der Waals surface area (Å²) in [5.41, 5.74) is 1.09. The molecule has 0 aromatic heterocycles. The van der Waals surface area contributed by atoms with Gasteiger partial charge in [-0.2, -0.15) is 0 Å². The number of esters is 1. The van der Waals surface area contributed by atoms with Crippen LogP contribution in [0.15, 0.2) is 72.8 Å². The molecule has 0 unspecified atom stereocenters. The molecule has 5 nitrogen and oxygen atoms in total. The third-order valence-electron chi connectivity index (χ3n) is 4.28. The lowest BCUT2D eigenvalue weighted by molar-refractivity contribution is -0.141. The van der Waals surface area contributed by atoms with Gasteiger partial charge in [0.15, 0.2) is 6.61 Å². The average Bonchev–Trinajstić information content (AvgIpc) is 2.79. The Morgan fingerprint density at radius 1 is 0.968 bits per heavy atom. The van der Waals surface area contributed by atoms with E-state index in [1.807, 2.05) is 0 Å². The minimum absolute atomic E-state index is 0.204. The molecule has 158 valence electrons. The number of carbonyl (C=O) groups is 2. The Morgan fingerprint density at radius 2 is 1.68 bits per heavy atom. The quantitative estimate of drug-likeness (QED) is 0.340. The third-order valence-corrected chi connectivity index (χ3v) is 4.28. The molecule has 0 radical (unpaired) electrons. The Kier molecular flexibility index (Phi) is 7.11. The lowest BCUT2D eigenvalue weighted by Gasteiger charge is -2.11. The molecule has 0 aliphatic carbocycles. The minimum Gasteiger partial charge on any atom is -0.496 e. The molecule has 31 heavy (non-hydrogen) atoms. The molecule has 0 fully saturated rings. The van der Waals surface area contributed by atoms with Crippen LogP contribution in [-0.2, 0) is 14.3 Å². The summed E-state index contributed by atoms with van der Waals surface area (Å²) in [6, 6.07) is 18.6. The molecule has 1 N–H and O–H groups in total. The highest BCUT2D eigenvalue weighted by Gasteiger charge is 2.17. The predicted molar refractivity (Wildman–Crippen MR) is 113 cm³/mol. The predicted octanol–water partition coefficient (Wildman–Crippen LogP) is 4.70. The number of amides is 1. The van der Waals surface area contributed by atoms with E-state index in [-0.39, 0.29) is 11.3 Å². The lowest BCUT2D eigenvalue weighted by atomic mass is 10.0. The van der Waals surface area contributed by atoms with Crippen molar-refractivity contribution in [2.24, 2.45) is 0 Å². The van der Waals surface area contributed by atoms with Gasteiger partial charge in [0.2, 0.25) is 0 Å². The number of nitrogens with one attached hydrogen (secondary N) is 1. The van der Waals surface area contributed by atoms with E-state index in [0.717, 1.165) is 18.2 Å². The Morgan fingerprint density at radius 3 is 2.42 bits per heavy atom. The van der Waals surface area contributed by atoms with Crippen molar-refractivity contribution in [3.8, 4) is 5.75 Å². The number of carbonyl (C=O) groups excluding carboxylic acids is 2. The van der Waals surface area contributed by atoms with Crippen LogP contribution >= 0.6 is 0 Å². The van der Waals surface area contributed by atoms with Crippen molar-refractivity contribution in [3.63, 3.8) is 0 Å². The van der Waals surface area contributed by atoms with E-state index >= 15 is 0 Å². The Balaban J connectivity index is 1.78. The molecule has 0 atom stereocenters. The summed E-state index contributed by atoms with van der Waals surface area (Å²) < 4.78 is 37.4. The summed E-state index contributed by atoms with van der Waals surface area (Å²) in [6.07, 6.45) is 1.60. The monoisotopic (exact) mass is 423 g/mol. The van der Waals surface area contributed by atoms with Crippen molar-refractivity contribution >= 4 is 29.2 Å². The van der Waals surface area contributed by atoms with Crippen LogP contribution in [0.4, 0.5) is 14.5 Å². The number of ether oxygens (including phenoxy) is 2. The maximum absolute atomic E-state index is 13.7. The first-order valence-corrected chi connectivity index (χ1v) is 9.30. The van der Waals surface area contributed by atoms with E-state index in [1.165, 1.54) is 7.11 Å². The SMILES string of the molecule is COc1ccccc1/C=C(/C(=O)OCC(=O)Nc1cc(F)ccc1F)c1ccccc1. The van der Waals surface area contributed by atoms with Gasteiger partial charge >= 0.3 is 5.97 Å². The van der Waals surface area contributed by atoms with Crippen molar-refractivity contribution in [1.82, 2.24) is 0 Å². The zero-order chi connectivity index (χ0) is 22.2. The summed E-state index contributed by atoms with van der Waals surface area (Å²) in [4.78, 5) is 24.9. The molecule has 0 bridgehead atoms. The first-order chi connectivity index (χ1) is 15.0. The van der Waals surface area contributed by atoms with Gasteiger partial charge in [0.1, 0.15) is 17.4 Å². The van der Waals surface area contributed by atoms with Crippen LogP contribution in [0.1, 0.15) is 11.1 Å². The second-order valence-corrected chi connectivity index (χ2v) is 6.41. The highest BCUT2D eigenvalue weighted by molar-refractivity contribution is 6.22. The summed E-state index contributed by atoms with van der Waals surface area (Å²) >= 11 is 0. The van der Waals surface area contributed by atoms with E-state index in [1.54, 1.807) is 60.7 Å². The van der Waals surface area contributed by atoms with Crippen molar-refractivity contribution in [1.29, 1.82) is 0 Å². The maximum Gasteiger partial charge on any atom is 0.339 e. The Hall–Kier alpha value is -4.00. The zero-order valence-electron chi connectivity index (χ0n) is 16.6. The second-order valence-electron chi connectivity index (χ2n) is 6.41. The van der Waals surface area contributed by atoms with Crippen LogP contribution in [0.2, 0.25) is 0 Å². The van der Waals surface area contributed by atoms with Crippen molar-refractivity contribution in [3.05, 3.63) is 95.6 Å². The number of para-hydroxylation sites is 1. The molecule has 3 aromatic carbocycles. The fourth-order valence-electron chi connectivity index (χ4n) is 2.81. The fraction of sp³-hybridized carbons (Fsp3) is 0.0833. The topological polar surface area (TPSA) is 64.6 Å². The number of halogens is 2. The first-order valence-electron chi connectivity index (χ1n) is 9.30. The summed E-state index contributed by atoms with van der Waals surface area (Å²) in [5.74, 6) is -2.51. The van der Waals surface area contributed by atoms with Crippen LogP contribution in [-0.4, -0.2) is 25.6 Å². The molecule has 0 aliphatic rings. The molecule has 1 amide bonds. The molecule has 0 saturated heterocycles.